The third kappa shape index (κ3) is 5.29. The molecule has 6 heteroatoms. The van der Waals surface area contributed by atoms with Crippen LogP contribution >= 0.6 is 0 Å². The van der Waals surface area contributed by atoms with Gasteiger partial charge in [0.15, 0.2) is 0 Å². The van der Waals surface area contributed by atoms with Crippen LogP contribution in [0.15, 0.2) is 24.3 Å². The van der Waals surface area contributed by atoms with Gasteiger partial charge in [-0.2, -0.15) is 0 Å². The molecule has 2 atom stereocenters. The van der Waals surface area contributed by atoms with E-state index in [2.05, 4.69) is 29.3 Å². The molecular formula is C20H31N3O3. The summed E-state index contributed by atoms with van der Waals surface area (Å²) in [6.45, 7) is 7.69. The average Bonchev–Trinajstić information content (AvgIpc) is 2.60. The molecule has 1 aliphatic rings. The molecule has 2 rings (SSSR count). The van der Waals surface area contributed by atoms with Gasteiger partial charge >= 0.3 is 5.97 Å². The van der Waals surface area contributed by atoms with Crippen molar-refractivity contribution in [1.29, 1.82) is 0 Å². The van der Waals surface area contributed by atoms with Gasteiger partial charge in [-0.15, -0.1) is 0 Å². The number of likely N-dealkylation sites (tertiary alicyclic amines) is 1. The number of carbonyl (C=O) groups excluding carboxylic acids is 1. The lowest BCUT2D eigenvalue weighted by Crippen LogP contribution is -2.52. The van der Waals surface area contributed by atoms with Gasteiger partial charge in [0, 0.05) is 19.1 Å². The molecule has 26 heavy (non-hydrogen) atoms. The van der Waals surface area contributed by atoms with Crippen molar-refractivity contribution in [3.8, 4) is 0 Å². The minimum absolute atomic E-state index is 0.0228. The number of aliphatic carboxylic acids is 1. The number of amides is 1. The van der Waals surface area contributed by atoms with Crippen LogP contribution in [0.5, 0.6) is 0 Å². The highest BCUT2D eigenvalue weighted by molar-refractivity contribution is 5.81. The molecule has 0 saturated carbocycles. The molecule has 1 heterocycles. The van der Waals surface area contributed by atoms with Gasteiger partial charge in [0.25, 0.3) is 0 Å². The van der Waals surface area contributed by atoms with Crippen molar-refractivity contribution in [2.45, 2.75) is 51.7 Å². The average molecular weight is 361 g/mol. The van der Waals surface area contributed by atoms with E-state index in [4.69, 9.17) is 5.11 Å². The highest BCUT2D eigenvalue weighted by Crippen LogP contribution is 2.19. The van der Waals surface area contributed by atoms with Gasteiger partial charge in [-0.3, -0.25) is 19.4 Å². The number of nitrogens with zero attached hydrogens (tertiary/aromatic N) is 2. The Kier molecular flexibility index (Phi) is 7.17. The van der Waals surface area contributed by atoms with Gasteiger partial charge in [-0.1, -0.05) is 24.3 Å². The molecule has 2 unspecified atom stereocenters. The van der Waals surface area contributed by atoms with Crippen molar-refractivity contribution in [2.24, 2.45) is 0 Å². The Bertz CT molecular complexity index is 626. The molecule has 1 aromatic carbocycles. The highest BCUT2D eigenvalue weighted by Gasteiger charge is 2.29. The molecule has 0 bridgehead atoms. The number of benzene rings is 1. The van der Waals surface area contributed by atoms with Gasteiger partial charge in [0.1, 0.15) is 0 Å². The first-order chi connectivity index (χ1) is 12.3. The SMILES string of the molecule is Cc1ccccc1C(C)NC(=O)C(C)N1CCC(N(C)CC(=O)O)CC1. The molecule has 2 N–H and O–H groups in total. The Labute approximate surface area is 156 Å². The first kappa shape index (κ1) is 20.4. The zero-order valence-electron chi connectivity index (χ0n) is 16.2. The first-order valence-corrected chi connectivity index (χ1v) is 9.31. The Morgan fingerprint density at radius 1 is 1.27 bits per heavy atom. The van der Waals surface area contributed by atoms with Crippen LogP contribution < -0.4 is 5.32 Å². The van der Waals surface area contributed by atoms with E-state index in [1.54, 1.807) is 0 Å². The lowest BCUT2D eigenvalue weighted by atomic mass is 10.0. The monoisotopic (exact) mass is 361 g/mol. The molecule has 6 nitrogen and oxygen atoms in total. The normalized spacial score (nSPS) is 18.5. The molecule has 1 saturated heterocycles. The molecule has 0 radical (unpaired) electrons. The molecule has 1 amide bonds. The van der Waals surface area contributed by atoms with Crippen molar-refractivity contribution in [3.63, 3.8) is 0 Å². The zero-order chi connectivity index (χ0) is 19.3. The second kappa shape index (κ2) is 9.14. The van der Waals surface area contributed by atoms with E-state index in [9.17, 15) is 9.59 Å². The van der Waals surface area contributed by atoms with Gasteiger partial charge < -0.3 is 10.4 Å². The smallest absolute Gasteiger partial charge is 0.317 e. The van der Waals surface area contributed by atoms with Crippen molar-refractivity contribution in [3.05, 3.63) is 35.4 Å². The highest BCUT2D eigenvalue weighted by atomic mass is 16.4. The third-order valence-corrected chi connectivity index (χ3v) is 5.45. The molecule has 1 aromatic rings. The van der Waals surface area contributed by atoms with Gasteiger partial charge in [0.05, 0.1) is 18.6 Å². The maximum absolute atomic E-state index is 12.7. The van der Waals surface area contributed by atoms with E-state index in [1.165, 1.54) is 5.56 Å². The van der Waals surface area contributed by atoms with Crippen LogP contribution in [0.2, 0.25) is 0 Å². The number of aryl methyl sites for hydroxylation is 1. The van der Waals surface area contributed by atoms with Crippen molar-refractivity contribution < 1.29 is 14.7 Å². The standard InChI is InChI=1S/C20H31N3O3/c1-14-7-5-6-8-18(14)15(2)21-20(26)16(3)23-11-9-17(10-12-23)22(4)13-19(24)25/h5-8,15-17H,9-13H2,1-4H3,(H,21,26)(H,24,25). The molecule has 0 aromatic heterocycles. The topological polar surface area (TPSA) is 72.9 Å². The van der Waals surface area contributed by atoms with Gasteiger partial charge in [-0.25, -0.2) is 0 Å². The molecule has 1 aliphatic heterocycles. The van der Waals surface area contributed by atoms with Gasteiger partial charge in [0.2, 0.25) is 5.91 Å². The minimum atomic E-state index is -0.798. The van der Waals surface area contributed by atoms with E-state index < -0.39 is 5.97 Å². The number of likely N-dealkylation sites (N-methyl/N-ethyl adjacent to an activating group) is 1. The van der Waals surface area contributed by atoms with Crippen LogP contribution in [0.3, 0.4) is 0 Å². The summed E-state index contributed by atoms with van der Waals surface area (Å²) in [5.74, 6) is -0.758. The van der Waals surface area contributed by atoms with E-state index >= 15 is 0 Å². The Balaban J connectivity index is 1.85. The third-order valence-electron chi connectivity index (χ3n) is 5.45. The molecule has 0 aliphatic carbocycles. The summed E-state index contributed by atoms with van der Waals surface area (Å²) in [6.07, 6.45) is 1.77. The molecule has 144 valence electrons. The number of nitrogens with one attached hydrogen (secondary N) is 1. The Morgan fingerprint density at radius 3 is 2.46 bits per heavy atom. The lowest BCUT2D eigenvalue weighted by Gasteiger charge is -2.38. The molecule has 0 spiro atoms. The van der Waals surface area contributed by atoms with Crippen LogP contribution in [0.4, 0.5) is 0 Å². The lowest BCUT2D eigenvalue weighted by molar-refractivity contribution is -0.138. The predicted molar refractivity (Wildman–Crippen MR) is 102 cm³/mol. The largest absolute Gasteiger partial charge is 0.480 e. The number of carboxylic acid groups (broad SMARTS) is 1. The van der Waals surface area contributed by atoms with Crippen LogP contribution in [-0.4, -0.2) is 65.5 Å². The van der Waals surface area contributed by atoms with E-state index in [0.717, 1.165) is 31.5 Å². The second-order valence-corrected chi connectivity index (χ2v) is 7.34. The fourth-order valence-electron chi connectivity index (χ4n) is 3.71. The van der Waals surface area contributed by atoms with Crippen LogP contribution in [0, 0.1) is 6.92 Å². The Hall–Kier alpha value is -1.92. The van der Waals surface area contributed by atoms with Crippen LogP contribution in [-0.2, 0) is 9.59 Å². The second-order valence-electron chi connectivity index (χ2n) is 7.34. The van der Waals surface area contributed by atoms with Crippen LogP contribution in [0.25, 0.3) is 0 Å². The fourth-order valence-corrected chi connectivity index (χ4v) is 3.71. The molecular weight excluding hydrogens is 330 g/mol. The fraction of sp³-hybridized carbons (Fsp3) is 0.600. The molecule has 1 fully saturated rings. The van der Waals surface area contributed by atoms with E-state index in [-0.39, 0.29) is 30.6 Å². The van der Waals surface area contributed by atoms with Crippen molar-refractivity contribution >= 4 is 11.9 Å². The van der Waals surface area contributed by atoms with Gasteiger partial charge in [-0.05, 0) is 51.8 Å². The zero-order valence-corrected chi connectivity index (χ0v) is 16.2. The summed E-state index contributed by atoms with van der Waals surface area (Å²) in [6, 6.07) is 8.16. The Morgan fingerprint density at radius 2 is 1.88 bits per heavy atom. The first-order valence-electron chi connectivity index (χ1n) is 9.31. The van der Waals surface area contributed by atoms with E-state index in [1.807, 2.05) is 37.9 Å². The quantitative estimate of drug-likeness (QED) is 0.778. The van der Waals surface area contributed by atoms with Crippen molar-refractivity contribution in [2.75, 3.05) is 26.7 Å². The summed E-state index contributed by atoms with van der Waals surface area (Å²) in [7, 11) is 1.86. The summed E-state index contributed by atoms with van der Waals surface area (Å²) in [4.78, 5) is 27.6. The maximum atomic E-state index is 12.7. The summed E-state index contributed by atoms with van der Waals surface area (Å²) >= 11 is 0. The number of piperidine rings is 1. The van der Waals surface area contributed by atoms with Crippen molar-refractivity contribution in [1.82, 2.24) is 15.1 Å². The predicted octanol–water partition coefficient (Wildman–Crippen LogP) is 2.04. The summed E-state index contributed by atoms with van der Waals surface area (Å²) < 4.78 is 0. The number of hydrogen-bond acceptors (Lipinski definition) is 4. The minimum Gasteiger partial charge on any atom is -0.480 e. The summed E-state index contributed by atoms with van der Waals surface area (Å²) in [5.41, 5.74) is 2.32. The van der Waals surface area contributed by atoms with E-state index in [0.29, 0.717) is 0 Å². The number of hydrogen-bond donors (Lipinski definition) is 2. The number of carboxylic acids is 1. The van der Waals surface area contributed by atoms with Crippen LogP contribution in [0.1, 0.15) is 43.9 Å². The number of carbonyl (C=O) groups is 2. The maximum Gasteiger partial charge on any atom is 0.317 e. The number of rotatable bonds is 7. The summed E-state index contributed by atoms with van der Waals surface area (Å²) in [5, 5.41) is 12.0.